The summed E-state index contributed by atoms with van der Waals surface area (Å²) >= 11 is 6.16. The number of hydrogen-bond acceptors (Lipinski definition) is 2. The molecule has 1 aromatic heterocycles. The highest BCUT2D eigenvalue weighted by atomic mass is 35.5. The number of halogens is 1. The van der Waals surface area contributed by atoms with Gasteiger partial charge in [0, 0.05) is 11.9 Å². The Labute approximate surface area is 86.8 Å². The second kappa shape index (κ2) is 3.72. The second-order valence-corrected chi connectivity index (χ2v) is 3.31. The molecule has 0 unspecified atom stereocenters. The molecule has 0 fully saturated rings. The molecule has 0 radical (unpaired) electrons. The first-order chi connectivity index (χ1) is 6.83. The van der Waals surface area contributed by atoms with Gasteiger partial charge in [-0.3, -0.25) is 5.10 Å². The van der Waals surface area contributed by atoms with Crippen molar-refractivity contribution in [2.24, 2.45) is 0 Å². The van der Waals surface area contributed by atoms with Gasteiger partial charge in [-0.2, -0.15) is 5.10 Å². The number of anilines is 1. The maximum absolute atomic E-state index is 6.16. The number of nitrogens with zero attached hydrogens (tertiary/aromatic N) is 1. The van der Waals surface area contributed by atoms with E-state index in [1.807, 2.05) is 12.1 Å². The van der Waals surface area contributed by atoms with Crippen molar-refractivity contribution in [3.63, 3.8) is 0 Å². The highest BCUT2D eigenvalue weighted by molar-refractivity contribution is 6.38. The Morgan fingerprint density at radius 3 is 3.21 bits per heavy atom. The van der Waals surface area contributed by atoms with Crippen molar-refractivity contribution in [1.82, 2.24) is 10.2 Å². The fourth-order valence-electron chi connectivity index (χ4n) is 1.30. The van der Waals surface area contributed by atoms with Crippen LogP contribution in [0.15, 0.2) is 31.0 Å². The number of aromatic amines is 1. The molecule has 0 saturated heterocycles. The smallest absolute Gasteiger partial charge is 0.0747 e. The summed E-state index contributed by atoms with van der Waals surface area (Å²) in [5.41, 5.74) is 1.85. The highest BCUT2D eigenvalue weighted by Crippen LogP contribution is 2.29. The fraction of sp³-hybridized carbons (Fsp3) is 0.100. The van der Waals surface area contributed by atoms with E-state index in [1.165, 1.54) is 0 Å². The number of fused-ring (bicyclic) bond motifs is 1. The predicted molar refractivity (Wildman–Crippen MR) is 59.8 cm³/mol. The number of nitrogens with one attached hydrogen (secondary N) is 2. The molecule has 72 valence electrons. The molecule has 4 heteroatoms. The third kappa shape index (κ3) is 1.46. The van der Waals surface area contributed by atoms with Crippen molar-refractivity contribution < 1.29 is 0 Å². The van der Waals surface area contributed by atoms with Crippen molar-refractivity contribution in [2.45, 2.75) is 0 Å². The van der Waals surface area contributed by atoms with Gasteiger partial charge in [0.05, 0.1) is 22.4 Å². The second-order valence-electron chi connectivity index (χ2n) is 2.93. The van der Waals surface area contributed by atoms with Crippen molar-refractivity contribution in [3.05, 3.63) is 36.0 Å². The molecular formula is C10H10ClN3. The van der Waals surface area contributed by atoms with Gasteiger partial charge in [-0.05, 0) is 12.1 Å². The lowest BCUT2D eigenvalue weighted by Gasteiger charge is -2.05. The number of hydrogen-bond donors (Lipinski definition) is 2. The minimum Gasteiger partial charge on any atom is -0.380 e. The van der Waals surface area contributed by atoms with Crippen LogP contribution in [0.25, 0.3) is 10.9 Å². The third-order valence-electron chi connectivity index (χ3n) is 2.00. The van der Waals surface area contributed by atoms with Gasteiger partial charge in [0.25, 0.3) is 0 Å². The lowest BCUT2D eigenvalue weighted by Crippen LogP contribution is -1.97. The topological polar surface area (TPSA) is 40.7 Å². The molecule has 0 atom stereocenters. The van der Waals surface area contributed by atoms with E-state index in [9.17, 15) is 0 Å². The summed E-state index contributed by atoms with van der Waals surface area (Å²) in [6, 6.07) is 3.87. The van der Waals surface area contributed by atoms with Gasteiger partial charge < -0.3 is 5.32 Å². The summed E-state index contributed by atoms with van der Waals surface area (Å²) in [4.78, 5) is 0. The SMILES string of the molecule is C=CCNc1ccc2[nH]ncc2c1Cl. The molecule has 14 heavy (non-hydrogen) atoms. The highest BCUT2D eigenvalue weighted by Gasteiger charge is 2.05. The van der Waals surface area contributed by atoms with E-state index in [4.69, 9.17) is 11.6 Å². The van der Waals surface area contributed by atoms with Crippen LogP contribution in [0, 0.1) is 0 Å². The number of benzene rings is 1. The Hall–Kier alpha value is -1.48. The van der Waals surface area contributed by atoms with Crippen molar-refractivity contribution >= 4 is 28.2 Å². The van der Waals surface area contributed by atoms with Gasteiger partial charge in [-0.25, -0.2) is 0 Å². The molecule has 2 rings (SSSR count). The minimum absolute atomic E-state index is 0.693. The summed E-state index contributed by atoms with van der Waals surface area (Å²) in [5, 5.41) is 11.6. The van der Waals surface area contributed by atoms with Crippen molar-refractivity contribution in [3.8, 4) is 0 Å². The largest absolute Gasteiger partial charge is 0.380 e. The normalized spacial score (nSPS) is 10.4. The van der Waals surface area contributed by atoms with E-state index in [1.54, 1.807) is 12.3 Å². The van der Waals surface area contributed by atoms with Crippen LogP contribution in [0.3, 0.4) is 0 Å². The fourth-order valence-corrected chi connectivity index (χ4v) is 1.58. The summed E-state index contributed by atoms with van der Waals surface area (Å²) in [7, 11) is 0. The molecule has 0 bridgehead atoms. The molecule has 0 aliphatic heterocycles. The first-order valence-corrected chi connectivity index (χ1v) is 4.67. The van der Waals surface area contributed by atoms with Crippen LogP contribution in [0.2, 0.25) is 5.02 Å². The van der Waals surface area contributed by atoms with Gasteiger partial charge in [-0.1, -0.05) is 17.7 Å². The Balaban J connectivity index is 2.45. The van der Waals surface area contributed by atoms with Crippen LogP contribution in [0.5, 0.6) is 0 Å². The van der Waals surface area contributed by atoms with Gasteiger partial charge in [0.2, 0.25) is 0 Å². The van der Waals surface area contributed by atoms with E-state index in [0.29, 0.717) is 11.6 Å². The molecular weight excluding hydrogens is 198 g/mol. The Morgan fingerprint density at radius 1 is 1.57 bits per heavy atom. The van der Waals surface area contributed by atoms with Gasteiger partial charge in [0.1, 0.15) is 0 Å². The van der Waals surface area contributed by atoms with Crippen LogP contribution >= 0.6 is 11.6 Å². The van der Waals surface area contributed by atoms with E-state index in [0.717, 1.165) is 16.6 Å². The van der Waals surface area contributed by atoms with Gasteiger partial charge >= 0.3 is 0 Å². The maximum Gasteiger partial charge on any atom is 0.0747 e. The summed E-state index contributed by atoms with van der Waals surface area (Å²) in [6.45, 7) is 4.33. The van der Waals surface area contributed by atoms with Gasteiger partial charge in [0.15, 0.2) is 0 Å². The van der Waals surface area contributed by atoms with Crippen LogP contribution in [0.4, 0.5) is 5.69 Å². The number of aromatic nitrogens is 2. The quantitative estimate of drug-likeness (QED) is 0.760. The monoisotopic (exact) mass is 207 g/mol. The van der Waals surface area contributed by atoms with Crippen LogP contribution in [-0.2, 0) is 0 Å². The lowest BCUT2D eigenvalue weighted by atomic mass is 10.2. The third-order valence-corrected chi connectivity index (χ3v) is 2.40. The predicted octanol–water partition coefficient (Wildman–Crippen LogP) is 2.81. The molecule has 2 N–H and O–H groups in total. The molecule has 0 saturated carbocycles. The lowest BCUT2D eigenvalue weighted by molar-refractivity contribution is 1.12. The van der Waals surface area contributed by atoms with Crippen LogP contribution < -0.4 is 5.32 Å². The first-order valence-electron chi connectivity index (χ1n) is 4.29. The molecule has 0 aliphatic carbocycles. The van der Waals surface area contributed by atoms with Crippen LogP contribution in [0.1, 0.15) is 0 Å². The van der Waals surface area contributed by atoms with E-state index >= 15 is 0 Å². The van der Waals surface area contributed by atoms with Crippen molar-refractivity contribution in [2.75, 3.05) is 11.9 Å². The minimum atomic E-state index is 0.693. The Morgan fingerprint density at radius 2 is 2.43 bits per heavy atom. The zero-order valence-corrected chi connectivity index (χ0v) is 8.30. The summed E-state index contributed by atoms with van der Waals surface area (Å²) in [6.07, 6.45) is 3.51. The molecule has 0 aliphatic rings. The molecule has 1 heterocycles. The summed E-state index contributed by atoms with van der Waals surface area (Å²) in [5.74, 6) is 0. The molecule has 1 aromatic carbocycles. The Kier molecular flexibility index (Phi) is 2.41. The zero-order chi connectivity index (χ0) is 9.97. The Bertz CT molecular complexity index is 461. The van der Waals surface area contributed by atoms with E-state index in [2.05, 4.69) is 22.1 Å². The zero-order valence-electron chi connectivity index (χ0n) is 7.55. The number of H-pyrrole nitrogens is 1. The molecule has 3 nitrogen and oxygen atoms in total. The van der Waals surface area contributed by atoms with E-state index < -0.39 is 0 Å². The molecule has 0 amide bonds. The molecule has 2 aromatic rings. The van der Waals surface area contributed by atoms with E-state index in [-0.39, 0.29) is 0 Å². The standard InChI is InChI=1S/C10H10ClN3/c1-2-5-12-9-4-3-8-7(10(9)11)6-13-14-8/h2-4,6,12H,1,5H2,(H,13,14). The van der Waals surface area contributed by atoms with Crippen molar-refractivity contribution in [1.29, 1.82) is 0 Å². The molecule has 0 spiro atoms. The number of rotatable bonds is 3. The van der Waals surface area contributed by atoms with Crippen LogP contribution in [-0.4, -0.2) is 16.7 Å². The summed E-state index contributed by atoms with van der Waals surface area (Å²) < 4.78 is 0. The van der Waals surface area contributed by atoms with Gasteiger partial charge in [-0.15, -0.1) is 6.58 Å². The average Bonchev–Trinajstić information content (AvgIpc) is 2.66. The average molecular weight is 208 g/mol. The maximum atomic E-state index is 6.16. The first kappa shape index (κ1) is 9.09.